The number of carbonyl (C=O) groups excluding carboxylic acids is 2. The summed E-state index contributed by atoms with van der Waals surface area (Å²) >= 11 is 4.73. The highest BCUT2D eigenvalue weighted by Crippen LogP contribution is 2.30. The Morgan fingerprint density at radius 2 is 1.70 bits per heavy atom. The first-order valence-corrected chi connectivity index (χ1v) is 11.2. The number of urea groups is 1. The van der Waals surface area contributed by atoms with Gasteiger partial charge in [-0.3, -0.25) is 4.79 Å². The lowest BCUT2D eigenvalue weighted by Gasteiger charge is -2.31. The molecule has 0 saturated carbocycles. The lowest BCUT2D eigenvalue weighted by molar-refractivity contribution is 0.102. The molecule has 0 unspecified atom stereocenters. The molecular formula is C21H20BrN5O2S. The number of nitrogens with zero attached hydrogens (tertiary/aromatic N) is 3. The van der Waals surface area contributed by atoms with Crippen molar-refractivity contribution in [2.24, 2.45) is 0 Å². The molecule has 2 heterocycles. The second-order valence-electron chi connectivity index (χ2n) is 6.97. The molecule has 0 bridgehead atoms. The van der Waals surface area contributed by atoms with Gasteiger partial charge in [0.15, 0.2) is 0 Å². The fraction of sp³-hybridized carbons (Fsp3) is 0.238. The number of halogens is 1. The van der Waals surface area contributed by atoms with Crippen molar-refractivity contribution in [2.45, 2.75) is 18.8 Å². The Hall–Kier alpha value is -2.78. The molecule has 7 nitrogen and oxygen atoms in total. The van der Waals surface area contributed by atoms with Gasteiger partial charge in [0.25, 0.3) is 5.91 Å². The number of nitrogens with one attached hydrogen (secondary N) is 2. The highest BCUT2D eigenvalue weighted by atomic mass is 79.9. The quantitative estimate of drug-likeness (QED) is 0.546. The summed E-state index contributed by atoms with van der Waals surface area (Å²) in [6.07, 6.45) is 1.59. The second kappa shape index (κ2) is 9.36. The summed E-state index contributed by atoms with van der Waals surface area (Å²) in [6, 6.07) is 16.7. The van der Waals surface area contributed by atoms with Crippen LogP contribution in [0.3, 0.4) is 0 Å². The van der Waals surface area contributed by atoms with Crippen LogP contribution in [0.25, 0.3) is 0 Å². The summed E-state index contributed by atoms with van der Waals surface area (Å²) in [7, 11) is 0. The number of carbonyl (C=O) groups is 2. The van der Waals surface area contributed by atoms with E-state index < -0.39 is 0 Å². The number of hydrogen-bond donors (Lipinski definition) is 2. The SMILES string of the molecule is O=C(Nc1ccccc1)c1nnc(C2CCN(C(=O)Nc3cccc(Br)c3)CC2)s1. The maximum Gasteiger partial charge on any atom is 0.321 e. The van der Waals surface area contributed by atoms with Crippen LogP contribution in [-0.4, -0.2) is 40.1 Å². The number of para-hydroxylation sites is 1. The molecule has 0 radical (unpaired) electrons. The van der Waals surface area contributed by atoms with Crippen LogP contribution in [0.2, 0.25) is 0 Å². The molecular weight excluding hydrogens is 466 g/mol. The zero-order chi connectivity index (χ0) is 20.9. The maximum atomic E-state index is 12.5. The van der Waals surface area contributed by atoms with Crippen LogP contribution in [0.5, 0.6) is 0 Å². The lowest BCUT2D eigenvalue weighted by Crippen LogP contribution is -2.40. The first-order chi connectivity index (χ1) is 14.6. The largest absolute Gasteiger partial charge is 0.324 e. The van der Waals surface area contributed by atoms with E-state index in [1.54, 1.807) is 0 Å². The van der Waals surface area contributed by atoms with Crippen LogP contribution < -0.4 is 10.6 Å². The van der Waals surface area contributed by atoms with Gasteiger partial charge in [0.05, 0.1) is 0 Å². The number of rotatable bonds is 4. The molecule has 3 amide bonds. The Morgan fingerprint density at radius 1 is 0.967 bits per heavy atom. The van der Waals surface area contributed by atoms with Gasteiger partial charge in [-0.15, -0.1) is 10.2 Å². The third kappa shape index (κ3) is 5.03. The fourth-order valence-electron chi connectivity index (χ4n) is 3.30. The number of anilines is 2. The number of likely N-dealkylation sites (tertiary alicyclic amines) is 1. The van der Waals surface area contributed by atoms with Crippen LogP contribution in [0.1, 0.15) is 33.6 Å². The minimum Gasteiger partial charge on any atom is -0.324 e. The molecule has 4 rings (SSSR count). The zero-order valence-electron chi connectivity index (χ0n) is 16.0. The normalized spacial score (nSPS) is 14.4. The van der Waals surface area contributed by atoms with Crippen LogP contribution in [0.4, 0.5) is 16.2 Å². The summed E-state index contributed by atoms with van der Waals surface area (Å²) in [5, 5.41) is 15.3. The minimum absolute atomic E-state index is 0.105. The molecule has 1 aromatic heterocycles. The van der Waals surface area contributed by atoms with Gasteiger partial charge in [-0.25, -0.2) is 4.79 Å². The molecule has 1 fully saturated rings. The van der Waals surface area contributed by atoms with E-state index in [1.165, 1.54) is 11.3 Å². The summed E-state index contributed by atoms with van der Waals surface area (Å²) < 4.78 is 0.919. The van der Waals surface area contributed by atoms with Crippen molar-refractivity contribution in [2.75, 3.05) is 23.7 Å². The van der Waals surface area contributed by atoms with Crippen LogP contribution >= 0.6 is 27.3 Å². The topological polar surface area (TPSA) is 87.2 Å². The van der Waals surface area contributed by atoms with E-state index in [1.807, 2.05) is 59.5 Å². The molecule has 0 spiro atoms. The smallest absolute Gasteiger partial charge is 0.321 e. The van der Waals surface area contributed by atoms with Gasteiger partial charge in [-0.2, -0.15) is 0 Å². The van der Waals surface area contributed by atoms with Crippen LogP contribution in [0.15, 0.2) is 59.1 Å². The van der Waals surface area contributed by atoms with Gasteiger partial charge in [0, 0.05) is 34.9 Å². The molecule has 2 aromatic carbocycles. The molecule has 0 atom stereocenters. The number of piperidine rings is 1. The highest BCUT2D eigenvalue weighted by molar-refractivity contribution is 9.10. The van der Waals surface area contributed by atoms with E-state index in [0.717, 1.165) is 33.7 Å². The number of aromatic nitrogens is 2. The molecule has 154 valence electrons. The molecule has 1 saturated heterocycles. The van der Waals surface area contributed by atoms with Crippen molar-refractivity contribution in [1.29, 1.82) is 0 Å². The zero-order valence-corrected chi connectivity index (χ0v) is 18.4. The van der Waals surface area contributed by atoms with Gasteiger partial charge < -0.3 is 15.5 Å². The summed E-state index contributed by atoms with van der Waals surface area (Å²) in [5.41, 5.74) is 1.48. The number of benzene rings is 2. The van der Waals surface area contributed by atoms with Crippen LogP contribution in [-0.2, 0) is 0 Å². The molecule has 1 aliphatic rings. The molecule has 30 heavy (non-hydrogen) atoms. The van der Waals surface area contributed by atoms with E-state index in [-0.39, 0.29) is 17.9 Å². The van der Waals surface area contributed by atoms with Gasteiger partial charge >= 0.3 is 6.03 Å². The summed E-state index contributed by atoms with van der Waals surface area (Å²) in [6.45, 7) is 1.27. The average molecular weight is 486 g/mol. The second-order valence-corrected chi connectivity index (χ2v) is 8.89. The Bertz CT molecular complexity index is 1030. The Labute approximate surface area is 186 Å². The molecule has 2 N–H and O–H groups in total. The van der Waals surface area contributed by atoms with E-state index in [2.05, 4.69) is 36.8 Å². The first kappa shape index (κ1) is 20.5. The van der Waals surface area contributed by atoms with Crippen molar-refractivity contribution in [3.63, 3.8) is 0 Å². The molecule has 3 aromatic rings. The van der Waals surface area contributed by atoms with Crippen molar-refractivity contribution in [1.82, 2.24) is 15.1 Å². The van der Waals surface area contributed by atoms with Gasteiger partial charge in [-0.05, 0) is 43.2 Å². The monoisotopic (exact) mass is 485 g/mol. The molecule has 0 aliphatic carbocycles. The van der Waals surface area contributed by atoms with Gasteiger partial charge in [-0.1, -0.05) is 51.5 Å². The van der Waals surface area contributed by atoms with E-state index >= 15 is 0 Å². The minimum atomic E-state index is -0.254. The Balaban J connectivity index is 1.31. The first-order valence-electron chi connectivity index (χ1n) is 9.60. The van der Waals surface area contributed by atoms with E-state index in [4.69, 9.17) is 0 Å². The van der Waals surface area contributed by atoms with Gasteiger partial charge in [0.2, 0.25) is 5.01 Å². The van der Waals surface area contributed by atoms with Crippen molar-refractivity contribution >= 4 is 50.6 Å². The van der Waals surface area contributed by atoms with Gasteiger partial charge in [0.1, 0.15) is 5.01 Å². The van der Waals surface area contributed by atoms with Crippen molar-refractivity contribution in [3.8, 4) is 0 Å². The van der Waals surface area contributed by atoms with E-state index in [9.17, 15) is 9.59 Å². The summed E-state index contributed by atoms with van der Waals surface area (Å²) in [5.74, 6) is -0.0496. The van der Waals surface area contributed by atoms with Crippen molar-refractivity contribution in [3.05, 3.63) is 69.1 Å². The van der Waals surface area contributed by atoms with Crippen LogP contribution in [0, 0.1) is 0 Å². The third-order valence-electron chi connectivity index (χ3n) is 4.87. The summed E-state index contributed by atoms with van der Waals surface area (Å²) in [4.78, 5) is 26.7. The lowest BCUT2D eigenvalue weighted by atomic mass is 9.98. The Kier molecular flexibility index (Phi) is 6.39. The predicted octanol–water partition coefficient (Wildman–Crippen LogP) is 4.96. The van der Waals surface area contributed by atoms with E-state index in [0.29, 0.717) is 18.1 Å². The predicted molar refractivity (Wildman–Crippen MR) is 121 cm³/mol. The highest BCUT2D eigenvalue weighted by Gasteiger charge is 2.27. The number of amides is 3. The number of hydrogen-bond acceptors (Lipinski definition) is 5. The maximum absolute atomic E-state index is 12.5. The molecule has 9 heteroatoms. The Morgan fingerprint density at radius 3 is 2.43 bits per heavy atom. The standard InChI is InChI=1S/C21H20BrN5O2S/c22-15-5-4-8-17(13-15)24-21(29)27-11-9-14(10-12-27)19-25-26-20(30-19)18(28)23-16-6-2-1-3-7-16/h1-8,13-14H,9-12H2,(H,23,28)(H,24,29). The molecule has 1 aliphatic heterocycles. The third-order valence-corrected chi connectivity index (χ3v) is 6.45. The van der Waals surface area contributed by atoms with Crippen molar-refractivity contribution < 1.29 is 9.59 Å². The fourth-order valence-corrected chi connectivity index (χ4v) is 4.60. The average Bonchev–Trinajstić information content (AvgIpc) is 3.25.